The molecule has 0 aromatic heterocycles. The largest absolute Gasteiger partial charge is 0.478 e. The van der Waals surface area contributed by atoms with E-state index in [2.05, 4.69) is 15.8 Å². The Balaban J connectivity index is 1.89. The Morgan fingerprint density at radius 1 is 1.35 bits per heavy atom. The molecule has 1 aliphatic carbocycles. The molecule has 0 atom stereocenters. The number of benzene rings is 1. The highest BCUT2D eigenvalue weighted by Crippen LogP contribution is 2.17. The van der Waals surface area contributed by atoms with E-state index in [0.717, 1.165) is 12.8 Å². The lowest BCUT2D eigenvalue weighted by Gasteiger charge is -2.13. The van der Waals surface area contributed by atoms with Crippen molar-refractivity contribution in [2.45, 2.75) is 31.7 Å². The van der Waals surface area contributed by atoms with E-state index in [0.29, 0.717) is 16.7 Å². The van der Waals surface area contributed by atoms with Crippen molar-refractivity contribution in [2.75, 3.05) is 0 Å². The van der Waals surface area contributed by atoms with Crippen LogP contribution in [0.2, 0.25) is 0 Å². The van der Waals surface area contributed by atoms with Crippen molar-refractivity contribution in [3.8, 4) is 0 Å². The van der Waals surface area contributed by atoms with Crippen LogP contribution in [0.4, 0.5) is 0 Å². The van der Waals surface area contributed by atoms with E-state index in [1.807, 2.05) is 0 Å². The maximum absolute atomic E-state index is 11.0. The topological polar surface area (TPSA) is 73.7 Å². The molecule has 1 saturated carbocycles. The highest BCUT2D eigenvalue weighted by molar-refractivity contribution is 7.80. The monoisotopic (exact) mass is 291 g/mol. The first-order valence-corrected chi connectivity index (χ1v) is 6.99. The maximum Gasteiger partial charge on any atom is 0.336 e. The van der Waals surface area contributed by atoms with Gasteiger partial charge in [-0.25, -0.2) is 4.79 Å². The fraction of sp³-hybridized carbons (Fsp3) is 0.357. The fourth-order valence-corrected chi connectivity index (χ4v) is 2.47. The molecule has 0 spiro atoms. The second-order valence-electron chi connectivity index (χ2n) is 4.72. The molecule has 0 amide bonds. The van der Waals surface area contributed by atoms with Gasteiger partial charge in [0.15, 0.2) is 5.11 Å². The second kappa shape index (κ2) is 7.00. The second-order valence-corrected chi connectivity index (χ2v) is 5.13. The zero-order valence-corrected chi connectivity index (χ0v) is 11.8. The van der Waals surface area contributed by atoms with E-state index < -0.39 is 5.97 Å². The molecule has 6 heteroatoms. The summed E-state index contributed by atoms with van der Waals surface area (Å²) in [5.41, 5.74) is 3.47. The highest BCUT2D eigenvalue weighted by Gasteiger charge is 2.15. The predicted molar refractivity (Wildman–Crippen MR) is 82.1 cm³/mol. The number of hydrogen-bond donors (Lipinski definition) is 3. The molecule has 1 aromatic carbocycles. The van der Waals surface area contributed by atoms with E-state index in [1.54, 1.807) is 24.3 Å². The first-order chi connectivity index (χ1) is 9.66. The number of carboxylic acids is 1. The van der Waals surface area contributed by atoms with Crippen LogP contribution in [0.25, 0.3) is 0 Å². The van der Waals surface area contributed by atoms with Crippen molar-refractivity contribution in [1.82, 2.24) is 10.7 Å². The summed E-state index contributed by atoms with van der Waals surface area (Å²) in [6, 6.07) is 7.11. The molecule has 0 heterocycles. The highest BCUT2D eigenvalue weighted by atomic mass is 32.1. The molecule has 0 radical (unpaired) electrons. The third-order valence-corrected chi connectivity index (χ3v) is 3.46. The molecule has 0 bridgehead atoms. The van der Waals surface area contributed by atoms with Crippen LogP contribution < -0.4 is 10.7 Å². The zero-order chi connectivity index (χ0) is 14.4. The van der Waals surface area contributed by atoms with Crippen LogP contribution in [0.15, 0.2) is 29.4 Å². The molecular formula is C14H17N3O2S. The van der Waals surface area contributed by atoms with E-state index in [4.69, 9.17) is 17.3 Å². The predicted octanol–water partition coefficient (Wildman–Crippen LogP) is 2.13. The molecule has 0 aliphatic heterocycles. The first-order valence-electron chi connectivity index (χ1n) is 6.58. The van der Waals surface area contributed by atoms with Gasteiger partial charge in [-0.1, -0.05) is 31.0 Å². The van der Waals surface area contributed by atoms with Gasteiger partial charge >= 0.3 is 5.97 Å². The minimum atomic E-state index is -0.973. The number of thiocarbonyl (C=S) groups is 1. The minimum Gasteiger partial charge on any atom is -0.478 e. The van der Waals surface area contributed by atoms with Gasteiger partial charge in [0.05, 0.1) is 11.8 Å². The minimum absolute atomic E-state index is 0.215. The average molecular weight is 291 g/mol. The number of nitrogens with zero attached hydrogens (tertiary/aromatic N) is 1. The van der Waals surface area contributed by atoms with Crippen molar-refractivity contribution < 1.29 is 9.90 Å². The Bertz CT molecular complexity index is 525. The summed E-state index contributed by atoms with van der Waals surface area (Å²) in [6.45, 7) is 0. The van der Waals surface area contributed by atoms with Gasteiger partial charge in [0.1, 0.15) is 0 Å². The number of rotatable bonds is 4. The molecule has 1 aromatic rings. The average Bonchev–Trinajstić information content (AvgIpc) is 2.92. The van der Waals surface area contributed by atoms with Crippen LogP contribution in [0, 0.1) is 0 Å². The number of hydrogen-bond acceptors (Lipinski definition) is 3. The molecule has 20 heavy (non-hydrogen) atoms. The van der Waals surface area contributed by atoms with E-state index in [9.17, 15) is 4.79 Å². The van der Waals surface area contributed by atoms with Gasteiger partial charge in [-0.15, -0.1) is 0 Å². The van der Waals surface area contributed by atoms with Crippen molar-refractivity contribution >= 4 is 29.5 Å². The molecule has 3 N–H and O–H groups in total. The lowest BCUT2D eigenvalue weighted by Crippen LogP contribution is -2.38. The smallest absolute Gasteiger partial charge is 0.336 e. The summed E-state index contributed by atoms with van der Waals surface area (Å²) >= 11 is 5.14. The van der Waals surface area contributed by atoms with E-state index >= 15 is 0 Å². The quantitative estimate of drug-likeness (QED) is 0.450. The van der Waals surface area contributed by atoms with Crippen LogP contribution in [0.1, 0.15) is 41.6 Å². The molecule has 1 fully saturated rings. The van der Waals surface area contributed by atoms with Crippen LogP contribution in [-0.2, 0) is 0 Å². The molecular weight excluding hydrogens is 274 g/mol. The standard InChI is InChI=1S/C14H17N3O2S/c18-13(19)12-8-4-1-5-10(12)9-15-17-14(20)16-11-6-2-3-7-11/h1,4-5,8-9,11H,2-3,6-7H2,(H,18,19)(H2,16,17,20)/b15-9+. The number of hydrazone groups is 1. The normalized spacial score (nSPS) is 15.4. The molecule has 106 valence electrons. The van der Waals surface area contributed by atoms with E-state index in [1.165, 1.54) is 19.1 Å². The van der Waals surface area contributed by atoms with Crippen LogP contribution in [0.3, 0.4) is 0 Å². The summed E-state index contributed by atoms with van der Waals surface area (Å²) in [5.74, 6) is -0.973. The van der Waals surface area contributed by atoms with E-state index in [-0.39, 0.29) is 5.56 Å². The Morgan fingerprint density at radius 3 is 2.75 bits per heavy atom. The van der Waals surface area contributed by atoms with Crippen LogP contribution in [-0.4, -0.2) is 28.4 Å². The molecule has 5 nitrogen and oxygen atoms in total. The van der Waals surface area contributed by atoms with Gasteiger partial charge in [0.25, 0.3) is 0 Å². The number of carboxylic acid groups (broad SMARTS) is 1. The Kier molecular flexibility index (Phi) is 5.06. The summed E-state index contributed by atoms with van der Waals surface area (Å²) in [6.07, 6.45) is 6.19. The molecule has 0 unspecified atom stereocenters. The Hall–Kier alpha value is -1.95. The maximum atomic E-state index is 11.0. The number of aromatic carboxylic acids is 1. The van der Waals surface area contributed by atoms with Gasteiger partial charge < -0.3 is 10.4 Å². The van der Waals surface area contributed by atoms with Crippen LogP contribution >= 0.6 is 12.2 Å². The van der Waals surface area contributed by atoms with Crippen LogP contribution in [0.5, 0.6) is 0 Å². The third kappa shape index (κ3) is 4.03. The van der Waals surface area contributed by atoms with Crippen molar-refractivity contribution in [3.05, 3.63) is 35.4 Å². The van der Waals surface area contributed by atoms with Gasteiger partial charge in [-0.3, -0.25) is 5.43 Å². The molecule has 1 aliphatic rings. The lowest BCUT2D eigenvalue weighted by molar-refractivity contribution is 0.0697. The number of carbonyl (C=O) groups is 1. The van der Waals surface area contributed by atoms with Crippen molar-refractivity contribution in [1.29, 1.82) is 0 Å². The summed E-state index contributed by atoms with van der Waals surface area (Å²) in [7, 11) is 0. The zero-order valence-electron chi connectivity index (χ0n) is 11.0. The Labute approximate surface area is 123 Å². The van der Waals surface area contributed by atoms with Gasteiger partial charge in [-0.2, -0.15) is 5.10 Å². The van der Waals surface area contributed by atoms with Crippen molar-refractivity contribution in [2.24, 2.45) is 5.10 Å². The lowest BCUT2D eigenvalue weighted by atomic mass is 10.1. The van der Waals surface area contributed by atoms with Gasteiger partial charge in [0.2, 0.25) is 0 Å². The number of nitrogens with one attached hydrogen (secondary N) is 2. The Morgan fingerprint density at radius 2 is 2.05 bits per heavy atom. The first kappa shape index (κ1) is 14.5. The molecule has 2 rings (SSSR count). The van der Waals surface area contributed by atoms with Gasteiger partial charge in [-0.05, 0) is 31.1 Å². The fourth-order valence-electron chi connectivity index (χ4n) is 2.25. The van der Waals surface area contributed by atoms with Crippen molar-refractivity contribution in [3.63, 3.8) is 0 Å². The SMILES string of the molecule is O=C(O)c1ccccc1/C=N/NC(=S)NC1CCCC1. The summed E-state index contributed by atoms with van der Waals surface area (Å²) in [5, 5.41) is 16.7. The molecule has 0 saturated heterocycles. The third-order valence-electron chi connectivity index (χ3n) is 3.25. The summed E-state index contributed by atoms with van der Waals surface area (Å²) in [4.78, 5) is 11.0. The summed E-state index contributed by atoms with van der Waals surface area (Å²) < 4.78 is 0. The van der Waals surface area contributed by atoms with Gasteiger partial charge in [0, 0.05) is 11.6 Å².